The molecule has 2 heterocycles. The van der Waals surface area contributed by atoms with Crippen molar-refractivity contribution in [1.29, 1.82) is 0 Å². The van der Waals surface area contributed by atoms with Crippen molar-refractivity contribution in [2.75, 3.05) is 6.54 Å². The maximum absolute atomic E-state index is 4.76. The fourth-order valence-electron chi connectivity index (χ4n) is 2.71. The van der Waals surface area contributed by atoms with Crippen LogP contribution in [-0.4, -0.2) is 27.3 Å². The Morgan fingerprint density at radius 1 is 1.14 bits per heavy atom. The molecule has 0 saturated heterocycles. The van der Waals surface area contributed by atoms with Gasteiger partial charge in [-0.3, -0.25) is 4.68 Å². The van der Waals surface area contributed by atoms with Gasteiger partial charge < -0.3 is 10.6 Å². The maximum atomic E-state index is 4.76. The highest BCUT2D eigenvalue weighted by atomic mass is 127. The van der Waals surface area contributed by atoms with Crippen LogP contribution >= 0.6 is 35.3 Å². The van der Waals surface area contributed by atoms with E-state index in [0.717, 1.165) is 31.2 Å². The van der Waals surface area contributed by atoms with E-state index in [2.05, 4.69) is 64.2 Å². The Hall–Kier alpha value is -1.94. The molecule has 0 spiro atoms. The van der Waals surface area contributed by atoms with E-state index in [-0.39, 0.29) is 24.0 Å². The summed E-state index contributed by atoms with van der Waals surface area (Å²) in [5.41, 5.74) is 3.49. The van der Waals surface area contributed by atoms with Gasteiger partial charge in [-0.2, -0.15) is 5.10 Å². The molecule has 0 saturated carbocycles. The molecule has 28 heavy (non-hydrogen) atoms. The number of aliphatic imine (C=N–C) groups is 1. The summed E-state index contributed by atoms with van der Waals surface area (Å²) in [5, 5.41) is 14.3. The Balaban J connectivity index is 0.00000280. The topological polar surface area (TPSA) is 67.1 Å². The zero-order valence-electron chi connectivity index (χ0n) is 16.3. The van der Waals surface area contributed by atoms with Crippen LogP contribution in [0.2, 0.25) is 0 Å². The number of halogens is 1. The number of benzene rings is 1. The van der Waals surface area contributed by atoms with Crippen LogP contribution in [0.3, 0.4) is 0 Å². The first-order chi connectivity index (χ1) is 13.3. The lowest BCUT2D eigenvalue weighted by molar-refractivity contribution is 0.680. The summed E-state index contributed by atoms with van der Waals surface area (Å²) in [6.07, 6.45) is 4.76. The molecule has 0 amide bonds. The van der Waals surface area contributed by atoms with Crippen molar-refractivity contribution in [2.24, 2.45) is 4.99 Å². The number of aromatic nitrogens is 3. The molecule has 150 valence electrons. The van der Waals surface area contributed by atoms with Crippen LogP contribution in [-0.2, 0) is 26.1 Å². The molecule has 3 rings (SSSR count). The highest BCUT2D eigenvalue weighted by molar-refractivity contribution is 14.0. The summed E-state index contributed by atoms with van der Waals surface area (Å²) in [7, 11) is 0. The number of nitrogens with zero attached hydrogens (tertiary/aromatic N) is 4. The Kier molecular flexibility index (Phi) is 9.42. The molecule has 0 aliphatic carbocycles. The van der Waals surface area contributed by atoms with E-state index in [9.17, 15) is 0 Å². The van der Waals surface area contributed by atoms with Crippen molar-refractivity contribution in [3.05, 3.63) is 69.9 Å². The van der Waals surface area contributed by atoms with Gasteiger partial charge in [0.15, 0.2) is 5.96 Å². The minimum atomic E-state index is 0. The van der Waals surface area contributed by atoms with Gasteiger partial charge in [0.1, 0.15) is 0 Å². The lowest BCUT2D eigenvalue weighted by Gasteiger charge is -2.12. The summed E-state index contributed by atoms with van der Waals surface area (Å²) in [5.74, 6) is 0.803. The first kappa shape index (κ1) is 22.4. The highest BCUT2D eigenvalue weighted by Crippen LogP contribution is 2.12. The fraction of sp³-hybridized carbons (Fsp3) is 0.350. The van der Waals surface area contributed by atoms with Gasteiger partial charge in [-0.25, -0.2) is 9.98 Å². The molecule has 0 aliphatic rings. The van der Waals surface area contributed by atoms with Crippen LogP contribution in [0.1, 0.15) is 35.7 Å². The Morgan fingerprint density at radius 3 is 2.64 bits per heavy atom. The molecule has 1 aromatic carbocycles. The van der Waals surface area contributed by atoms with Crippen LogP contribution in [0.15, 0.2) is 53.1 Å². The van der Waals surface area contributed by atoms with Crippen molar-refractivity contribution in [3.63, 3.8) is 0 Å². The normalized spacial score (nSPS) is 11.1. The predicted octanol–water partition coefficient (Wildman–Crippen LogP) is 3.82. The van der Waals surface area contributed by atoms with E-state index >= 15 is 0 Å². The van der Waals surface area contributed by atoms with Crippen LogP contribution in [0.25, 0.3) is 0 Å². The average molecular weight is 510 g/mol. The Labute approximate surface area is 187 Å². The van der Waals surface area contributed by atoms with Crippen LogP contribution in [0, 0.1) is 0 Å². The summed E-state index contributed by atoms with van der Waals surface area (Å²) < 4.78 is 1.93. The zero-order valence-corrected chi connectivity index (χ0v) is 19.4. The molecule has 0 fully saturated rings. The van der Waals surface area contributed by atoms with Gasteiger partial charge in [0.25, 0.3) is 0 Å². The summed E-state index contributed by atoms with van der Waals surface area (Å²) in [6.45, 7) is 7.06. The van der Waals surface area contributed by atoms with Crippen LogP contribution in [0.5, 0.6) is 0 Å². The molecule has 6 nitrogen and oxygen atoms in total. The highest BCUT2D eigenvalue weighted by Gasteiger charge is 2.05. The van der Waals surface area contributed by atoms with Crippen molar-refractivity contribution in [2.45, 2.75) is 39.9 Å². The van der Waals surface area contributed by atoms with Crippen molar-refractivity contribution >= 4 is 41.3 Å². The molecule has 0 bridgehead atoms. The van der Waals surface area contributed by atoms with E-state index in [0.29, 0.717) is 13.1 Å². The molecule has 2 N–H and O–H groups in total. The number of aryl methyl sites for hydroxylation is 1. The van der Waals surface area contributed by atoms with Gasteiger partial charge in [0.2, 0.25) is 0 Å². The second-order valence-corrected chi connectivity index (χ2v) is 7.05. The molecule has 8 heteroatoms. The van der Waals surface area contributed by atoms with Crippen LogP contribution in [0.4, 0.5) is 0 Å². The molecule has 0 radical (unpaired) electrons. The third-order valence-corrected chi connectivity index (χ3v) is 5.14. The third-order valence-electron chi connectivity index (χ3n) is 4.10. The molecule has 0 aliphatic heterocycles. The first-order valence-corrected chi connectivity index (χ1v) is 10.2. The Bertz CT molecular complexity index is 859. The maximum Gasteiger partial charge on any atom is 0.191 e. The smallest absolute Gasteiger partial charge is 0.191 e. The molecular formula is C20H27IN6S. The van der Waals surface area contributed by atoms with Gasteiger partial charge in [-0.05, 0) is 30.5 Å². The molecule has 0 atom stereocenters. The number of hydrogen-bond acceptors (Lipinski definition) is 4. The number of nitrogens with one attached hydrogen (secondary N) is 2. The predicted molar refractivity (Wildman–Crippen MR) is 126 cm³/mol. The van der Waals surface area contributed by atoms with Crippen molar-refractivity contribution < 1.29 is 0 Å². The number of guanidine groups is 1. The standard InChI is InChI=1S/C20H26N6S.HI/c1-3-19-25-18(15-27-19)13-23-20(21-4-2)22-12-16-8-5-6-9-17(16)14-26-11-7-10-24-26;/h5-11,15H,3-4,12-14H2,1-2H3,(H2,21,22,23);1H. The second-order valence-electron chi connectivity index (χ2n) is 6.11. The van der Waals surface area contributed by atoms with Gasteiger partial charge in [0.05, 0.1) is 30.3 Å². The van der Waals surface area contributed by atoms with Crippen molar-refractivity contribution in [1.82, 2.24) is 25.4 Å². The van der Waals surface area contributed by atoms with E-state index in [1.165, 1.54) is 16.1 Å². The molecule has 2 aromatic heterocycles. The lowest BCUT2D eigenvalue weighted by Crippen LogP contribution is -2.36. The number of rotatable bonds is 8. The lowest BCUT2D eigenvalue weighted by atomic mass is 10.1. The first-order valence-electron chi connectivity index (χ1n) is 9.28. The minimum absolute atomic E-state index is 0. The summed E-state index contributed by atoms with van der Waals surface area (Å²) in [4.78, 5) is 9.35. The fourth-order valence-corrected chi connectivity index (χ4v) is 3.45. The minimum Gasteiger partial charge on any atom is -0.357 e. The van der Waals surface area contributed by atoms with Crippen LogP contribution < -0.4 is 10.6 Å². The SMILES string of the molecule is CCNC(=NCc1ccccc1Cn1cccn1)NCc1csc(CC)n1.I. The molecular weight excluding hydrogens is 483 g/mol. The summed E-state index contributed by atoms with van der Waals surface area (Å²) in [6, 6.07) is 10.3. The third kappa shape index (κ3) is 6.59. The van der Waals surface area contributed by atoms with E-state index in [1.54, 1.807) is 17.5 Å². The van der Waals surface area contributed by atoms with Gasteiger partial charge in [0, 0.05) is 24.3 Å². The zero-order chi connectivity index (χ0) is 18.9. The van der Waals surface area contributed by atoms with E-state index in [4.69, 9.17) is 4.99 Å². The van der Waals surface area contributed by atoms with Crippen molar-refractivity contribution in [3.8, 4) is 0 Å². The van der Waals surface area contributed by atoms with E-state index < -0.39 is 0 Å². The number of hydrogen-bond donors (Lipinski definition) is 2. The second kappa shape index (κ2) is 11.8. The monoisotopic (exact) mass is 510 g/mol. The Morgan fingerprint density at radius 2 is 1.96 bits per heavy atom. The van der Waals surface area contributed by atoms with E-state index in [1.807, 2.05) is 16.9 Å². The molecule has 3 aromatic rings. The largest absolute Gasteiger partial charge is 0.357 e. The van der Waals surface area contributed by atoms with Gasteiger partial charge >= 0.3 is 0 Å². The van der Waals surface area contributed by atoms with Gasteiger partial charge in [-0.1, -0.05) is 31.2 Å². The molecule has 0 unspecified atom stereocenters. The van der Waals surface area contributed by atoms with Gasteiger partial charge in [-0.15, -0.1) is 35.3 Å². The average Bonchev–Trinajstić information content (AvgIpc) is 3.37. The number of thiazole rings is 1. The quantitative estimate of drug-likeness (QED) is 0.275. The summed E-state index contributed by atoms with van der Waals surface area (Å²) >= 11 is 1.71.